The second kappa shape index (κ2) is 9.50. The molecule has 2 rings (SSSR count). The molecule has 0 aliphatic rings. The average Bonchev–Trinajstić information content (AvgIpc) is 2.66. The van der Waals surface area contributed by atoms with Crippen LogP contribution >= 0.6 is 0 Å². The molecule has 0 fully saturated rings. The number of nitrogens with zero attached hydrogens (tertiary/aromatic N) is 1. The van der Waals surface area contributed by atoms with E-state index in [0.29, 0.717) is 11.4 Å². The Morgan fingerprint density at radius 3 is 2.07 bits per heavy atom. The van der Waals surface area contributed by atoms with Gasteiger partial charge in [0, 0.05) is 31.0 Å². The summed E-state index contributed by atoms with van der Waals surface area (Å²) in [6.07, 6.45) is 1.27. The summed E-state index contributed by atoms with van der Waals surface area (Å²) in [7, 11) is -3.76. The van der Waals surface area contributed by atoms with E-state index < -0.39 is 15.9 Å². The summed E-state index contributed by atoms with van der Waals surface area (Å²) in [5, 5.41) is 22.3. The number of hydrogen-bond donors (Lipinski definition) is 4. The van der Waals surface area contributed by atoms with Crippen LogP contribution in [0.1, 0.15) is 12.5 Å². The van der Waals surface area contributed by atoms with Crippen molar-refractivity contribution in [3.63, 3.8) is 0 Å². The van der Waals surface area contributed by atoms with Gasteiger partial charge >= 0.3 is 0 Å². The van der Waals surface area contributed by atoms with Gasteiger partial charge in [-0.05, 0) is 42.0 Å². The lowest BCUT2D eigenvalue weighted by molar-refractivity contribution is -0.114. The highest BCUT2D eigenvalue weighted by molar-refractivity contribution is 7.89. The Balaban J connectivity index is 1.96. The minimum atomic E-state index is -3.76. The van der Waals surface area contributed by atoms with E-state index in [-0.39, 0.29) is 22.9 Å². The largest absolute Gasteiger partial charge is 0.386 e. The van der Waals surface area contributed by atoms with Crippen LogP contribution in [0.25, 0.3) is 0 Å². The third kappa shape index (κ3) is 6.76. The van der Waals surface area contributed by atoms with Gasteiger partial charge in [-0.2, -0.15) is 5.26 Å². The van der Waals surface area contributed by atoms with E-state index in [0.717, 1.165) is 5.56 Å². The Bertz CT molecular complexity index is 1070. The monoisotopic (exact) mass is 413 g/mol. The molecule has 0 bridgehead atoms. The van der Waals surface area contributed by atoms with Gasteiger partial charge in [0.1, 0.15) is 11.6 Å². The van der Waals surface area contributed by atoms with Crippen molar-refractivity contribution in [3.05, 3.63) is 65.9 Å². The first-order valence-electron chi connectivity index (χ1n) is 8.33. The van der Waals surface area contributed by atoms with Crippen molar-refractivity contribution < 1.29 is 18.0 Å². The number of nitrogens with one attached hydrogen (secondary N) is 3. The SMILES string of the molecule is CC(=O)Nc1ccc(NC(=O)/C(C#N)=C\NCc2ccc(S(N)(=O)=O)cc2)cc1. The van der Waals surface area contributed by atoms with E-state index in [1.165, 1.54) is 25.3 Å². The molecule has 9 nitrogen and oxygen atoms in total. The number of carbonyl (C=O) groups excluding carboxylic acids is 2. The second-order valence-corrected chi connectivity index (χ2v) is 7.51. The molecule has 2 aromatic carbocycles. The van der Waals surface area contributed by atoms with Crippen molar-refractivity contribution in [2.75, 3.05) is 10.6 Å². The molecule has 10 heteroatoms. The normalized spacial score (nSPS) is 11.3. The molecular weight excluding hydrogens is 394 g/mol. The van der Waals surface area contributed by atoms with Crippen molar-refractivity contribution in [2.45, 2.75) is 18.4 Å². The first-order valence-corrected chi connectivity index (χ1v) is 9.88. The number of nitriles is 1. The zero-order valence-electron chi connectivity index (χ0n) is 15.5. The number of rotatable bonds is 7. The van der Waals surface area contributed by atoms with E-state index in [1.54, 1.807) is 36.4 Å². The minimum absolute atomic E-state index is 0.00148. The number of sulfonamides is 1. The van der Waals surface area contributed by atoms with Gasteiger partial charge in [-0.15, -0.1) is 0 Å². The smallest absolute Gasteiger partial charge is 0.267 e. The van der Waals surface area contributed by atoms with Gasteiger partial charge in [0.05, 0.1) is 4.90 Å². The van der Waals surface area contributed by atoms with Gasteiger partial charge in [0.25, 0.3) is 5.91 Å². The molecular formula is C19H19N5O4S. The number of benzene rings is 2. The second-order valence-electron chi connectivity index (χ2n) is 5.95. The Hall–Kier alpha value is -3.68. The predicted octanol–water partition coefficient (Wildman–Crippen LogP) is 1.43. The number of hydrogen-bond acceptors (Lipinski definition) is 6. The van der Waals surface area contributed by atoms with Crippen LogP contribution < -0.4 is 21.1 Å². The minimum Gasteiger partial charge on any atom is -0.386 e. The molecule has 0 saturated heterocycles. The summed E-state index contributed by atoms with van der Waals surface area (Å²) in [6.45, 7) is 1.66. The van der Waals surface area contributed by atoms with E-state index >= 15 is 0 Å². The molecule has 0 unspecified atom stereocenters. The Morgan fingerprint density at radius 1 is 1.03 bits per heavy atom. The van der Waals surface area contributed by atoms with E-state index in [9.17, 15) is 23.3 Å². The van der Waals surface area contributed by atoms with Crippen molar-refractivity contribution in [1.29, 1.82) is 5.26 Å². The molecule has 2 amide bonds. The fraction of sp³-hybridized carbons (Fsp3) is 0.105. The van der Waals surface area contributed by atoms with Crippen LogP contribution in [0.2, 0.25) is 0 Å². The predicted molar refractivity (Wildman–Crippen MR) is 108 cm³/mol. The molecule has 0 aliphatic carbocycles. The maximum Gasteiger partial charge on any atom is 0.267 e. The molecule has 29 heavy (non-hydrogen) atoms. The Labute approximate surface area is 168 Å². The lowest BCUT2D eigenvalue weighted by Gasteiger charge is -2.07. The van der Waals surface area contributed by atoms with Crippen LogP contribution in [0.15, 0.2) is 65.2 Å². The first kappa shape index (κ1) is 21.6. The number of nitrogens with two attached hydrogens (primary N) is 1. The summed E-state index contributed by atoms with van der Waals surface area (Å²) in [5.41, 5.74) is 1.64. The standard InChI is InChI=1S/C19H19N5O4S/c1-13(25)23-16-4-6-17(7-5-16)24-19(26)15(10-20)12-22-11-14-2-8-18(9-3-14)29(21,27)28/h2-9,12,22H,11H2,1H3,(H,23,25)(H,24,26)(H2,21,27,28)/b15-12-. The van der Waals surface area contributed by atoms with E-state index in [4.69, 9.17) is 5.14 Å². The highest BCUT2D eigenvalue weighted by Gasteiger charge is 2.10. The number of carbonyl (C=O) groups is 2. The third-order valence-corrected chi connectivity index (χ3v) is 4.56. The maximum absolute atomic E-state index is 12.2. The fourth-order valence-electron chi connectivity index (χ4n) is 2.26. The van der Waals surface area contributed by atoms with E-state index in [2.05, 4.69) is 16.0 Å². The van der Waals surface area contributed by atoms with Crippen LogP contribution in [0.5, 0.6) is 0 Å². The van der Waals surface area contributed by atoms with Gasteiger partial charge in [-0.1, -0.05) is 12.1 Å². The van der Waals surface area contributed by atoms with Gasteiger partial charge in [0.15, 0.2) is 0 Å². The van der Waals surface area contributed by atoms with Crippen molar-refractivity contribution in [3.8, 4) is 6.07 Å². The molecule has 150 valence electrons. The van der Waals surface area contributed by atoms with Gasteiger partial charge in [-0.25, -0.2) is 13.6 Å². The van der Waals surface area contributed by atoms with Crippen LogP contribution in [0.4, 0.5) is 11.4 Å². The quantitative estimate of drug-likeness (QED) is 0.398. The molecule has 0 atom stereocenters. The highest BCUT2D eigenvalue weighted by Crippen LogP contribution is 2.14. The van der Waals surface area contributed by atoms with Gasteiger partial charge in [0.2, 0.25) is 15.9 Å². The number of amides is 2. The molecule has 0 radical (unpaired) electrons. The molecule has 2 aromatic rings. The summed E-state index contributed by atoms with van der Waals surface area (Å²) in [6, 6.07) is 14.1. The molecule has 0 saturated carbocycles. The maximum atomic E-state index is 12.2. The summed E-state index contributed by atoms with van der Waals surface area (Å²) >= 11 is 0. The topological polar surface area (TPSA) is 154 Å². The van der Waals surface area contributed by atoms with Gasteiger partial charge < -0.3 is 16.0 Å². The van der Waals surface area contributed by atoms with Crippen molar-refractivity contribution in [1.82, 2.24) is 5.32 Å². The van der Waals surface area contributed by atoms with Crippen LogP contribution in [-0.4, -0.2) is 20.2 Å². The number of anilines is 2. The zero-order chi connectivity index (χ0) is 21.4. The van der Waals surface area contributed by atoms with Crippen LogP contribution in [-0.2, 0) is 26.2 Å². The molecule has 5 N–H and O–H groups in total. The molecule has 0 spiro atoms. The number of primary sulfonamides is 1. The lowest BCUT2D eigenvalue weighted by atomic mass is 10.2. The average molecular weight is 413 g/mol. The molecule has 0 aromatic heterocycles. The molecule has 0 heterocycles. The summed E-state index contributed by atoms with van der Waals surface area (Å²) in [4.78, 5) is 23.2. The zero-order valence-corrected chi connectivity index (χ0v) is 16.3. The lowest BCUT2D eigenvalue weighted by Crippen LogP contribution is -2.17. The third-order valence-electron chi connectivity index (χ3n) is 3.63. The van der Waals surface area contributed by atoms with Gasteiger partial charge in [-0.3, -0.25) is 9.59 Å². The Morgan fingerprint density at radius 2 is 1.59 bits per heavy atom. The summed E-state index contributed by atoms with van der Waals surface area (Å²) in [5.74, 6) is -0.807. The van der Waals surface area contributed by atoms with Crippen LogP contribution in [0.3, 0.4) is 0 Å². The Kier molecular flexibility index (Phi) is 7.08. The molecule has 0 aliphatic heterocycles. The van der Waals surface area contributed by atoms with Crippen molar-refractivity contribution >= 4 is 33.2 Å². The highest BCUT2D eigenvalue weighted by atomic mass is 32.2. The van der Waals surface area contributed by atoms with Crippen molar-refractivity contribution in [2.24, 2.45) is 5.14 Å². The van der Waals surface area contributed by atoms with E-state index in [1.807, 2.05) is 6.07 Å². The fourth-order valence-corrected chi connectivity index (χ4v) is 2.77. The first-order chi connectivity index (χ1) is 13.7. The summed E-state index contributed by atoms with van der Waals surface area (Å²) < 4.78 is 22.5. The van der Waals surface area contributed by atoms with Crippen LogP contribution in [0, 0.1) is 11.3 Å².